The summed E-state index contributed by atoms with van der Waals surface area (Å²) in [6, 6.07) is 5.19. The van der Waals surface area contributed by atoms with Gasteiger partial charge in [-0.1, -0.05) is 0 Å². The Balaban J connectivity index is 2.05. The van der Waals surface area contributed by atoms with Crippen LogP contribution in [0.5, 0.6) is 0 Å². The highest BCUT2D eigenvalue weighted by atomic mass is 19.1. The van der Waals surface area contributed by atoms with Gasteiger partial charge in [0.05, 0.1) is 18.2 Å². The van der Waals surface area contributed by atoms with Gasteiger partial charge >= 0.3 is 0 Å². The molecule has 4 heteroatoms. The number of hydrogen-bond acceptors (Lipinski definition) is 2. The molecule has 78 valence electrons. The monoisotopic (exact) mass is 209 g/mol. The molecular weight excluding hydrogens is 200 g/mol. The summed E-state index contributed by atoms with van der Waals surface area (Å²) in [5, 5.41) is 2.84. The van der Waals surface area contributed by atoms with Crippen LogP contribution in [0.15, 0.2) is 41.2 Å². The van der Waals surface area contributed by atoms with Crippen molar-refractivity contribution in [2.24, 2.45) is 0 Å². The molecule has 0 saturated heterocycles. The average Bonchev–Trinajstić information content (AvgIpc) is 2.69. The molecule has 0 unspecified atom stereocenters. The van der Waals surface area contributed by atoms with Gasteiger partial charge in [-0.15, -0.1) is 0 Å². The Morgan fingerprint density at radius 1 is 1.20 bits per heavy atom. The van der Waals surface area contributed by atoms with Crippen molar-refractivity contribution in [2.75, 3.05) is 5.32 Å². The van der Waals surface area contributed by atoms with Gasteiger partial charge in [-0.3, -0.25) is 0 Å². The number of hydrogen-bond donors (Lipinski definition) is 1. The highest BCUT2D eigenvalue weighted by Crippen LogP contribution is 2.15. The molecule has 15 heavy (non-hydrogen) atoms. The van der Waals surface area contributed by atoms with E-state index in [1.807, 2.05) is 0 Å². The van der Waals surface area contributed by atoms with Crippen molar-refractivity contribution in [3.63, 3.8) is 0 Å². The second-order valence-corrected chi connectivity index (χ2v) is 3.11. The maximum atomic E-state index is 13.2. The molecule has 0 atom stereocenters. The molecular formula is C11H9F2NO. The lowest BCUT2D eigenvalue weighted by atomic mass is 10.2. The van der Waals surface area contributed by atoms with Crippen LogP contribution < -0.4 is 5.32 Å². The summed E-state index contributed by atoms with van der Waals surface area (Å²) in [6.45, 7) is 0.444. The van der Waals surface area contributed by atoms with E-state index in [2.05, 4.69) is 5.32 Å². The first-order valence-electron chi connectivity index (χ1n) is 4.46. The van der Waals surface area contributed by atoms with Crippen LogP contribution in [0.3, 0.4) is 0 Å². The summed E-state index contributed by atoms with van der Waals surface area (Å²) < 4.78 is 30.6. The molecule has 1 aromatic carbocycles. The van der Waals surface area contributed by atoms with Crippen LogP contribution >= 0.6 is 0 Å². The number of rotatable bonds is 3. The molecule has 1 heterocycles. The number of anilines is 1. The Labute approximate surface area is 85.5 Å². The highest BCUT2D eigenvalue weighted by Gasteiger charge is 2.03. The molecule has 0 amide bonds. The minimum absolute atomic E-state index is 0.276. The largest absolute Gasteiger partial charge is 0.472 e. The zero-order valence-electron chi connectivity index (χ0n) is 7.84. The smallest absolute Gasteiger partial charge is 0.149 e. The molecule has 0 aliphatic rings. The fourth-order valence-electron chi connectivity index (χ4n) is 1.22. The number of nitrogens with one attached hydrogen (secondary N) is 1. The Bertz CT molecular complexity index is 440. The fraction of sp³-hybridized carbons (Fsp3) is 0.0909. The van der Waals surface area contributed by atoms with Crippen LogP contribution in [-0.4, -0.2) is 0 Å². The van der Waals surface area contributed by atoms with Gasteiger partial charge in [0.25, 0.3) is 0 Å². The van der Waals surface area contributed by atoms with Crippen molar-refractivity contribution in [3.8, 4) is 0 Å². The lowest BCUT2D eigenvalue weighted by Gasteiger charge is -2.05. The second kappa shape index (κ2) is 4.13. The summed E-state index contributed by atoms with van der Waals surface area (Å²) in [4.78, 5) is 0. The van der Waals surface area contributed by atoms with Crippen LogP contribution in [0.4, 0.5) is 14.5 Å². The van der Waals surface area contributed by atoms with E-state index in [1.165, 1.54) is 18.4 Å². The van der Waals surface area contributed by atoms with E-state index in [1.54, 1.807) is 12.3 Å². The first-order valence-corrected chi connectivity index (χ1v) is 4.46. The van der Waals surface area contributed by atoms with Crippen LogP contribution in [0.2, 0.25) is 0 Å². The van der Waals surface area contributed by atoms with Gasteiger partial charge in [-0.25, -0.2) is 8.78 Å². The Morgan fingerprint density at radius 3 is 2.73 bits per heavy atom. The zero-order chi connectivity index (χ0) is 10.7. The van der Waals surface area contributed by atoms with Crippen molar-refractivity contribution in [1.29, 1.82) is 0 Å². The molecule has 2 rings (SSSR count). The third-order valence-electron chi connectivity index (χ3n) is 1.99. The first-order chi connectivity index (χ1) is 7.25. The quantitative estimate of drug-likeness (QED) is 0.839. The predicted molar refractivity (Wildman–Crippen MR) is 52.4 cm³/mol. The third-order valence-corrected chi connectivity index (χ3v) is 1.99. The fourth-order valence-corrected chi connectivity index (χ4v) is 1.22. The van der Waals surface area contributed by atoms with Crippen LogP contribution in [0.25, 0.3) is 0 Å². The van der Waals surface area contributed by atoms with E-state index in [9.17, 15) is 8.78 Å². The van der Waals surface area contributed by atoms with E-state index in [0.717, 1.165) is 11.6 Å². The molecule has 0 radical (unpaired) electrons. The number of furan rings is 1. The van der Waals surface area contributed by atoms with Gasteiger partial charge < -0.3 is 9.73 Å². The molecule has 0 saturated carbocycles. The molecule has 1 N–H and O–H groups in total. The normalized spacial score (nSPS) is 10.3. The van der Waals surface area contributed by atoms with Crippen molar-refractivity contribution >= 4 is 5.69 Å². The van der Waals surface area contributed by atoms with Crippen molar-refractivity contribution in [1.82, 2.24) is 0 Å². The molecule has 2 nitrogen and oxygen atoms in total. The molecule has 2 aromatic rings. The maximum Gasteiger partial charge on any atom is 0.149 e. The van der Waals surface area contributed by atoms with Gasteiger partial charge in [-0.05, 0) is 18.2 Å². The predicted octanol–water partition coefficient (Wildman–Crippen LogP) is 3.17. The standard InChI is InChI=1S/C11H9F2NO/c12-9-1-2-11(10(13)5-9)14-6-8-3-4-15-7-8/h1-5,7,14H,6H2. The summed E-state index contributed by atoms with van der Waals surface area (Å²) in [5.74, 6) is -1.18. The summed E-state index contributed by atoms with van der Waals surface area (Å²) >= 11 is 0. The Kier molecular flexibility index (Phi) is 2.67. The second-order valence-electron chi connectivity index (χ2n) is 3.11. The molecule has 0 fully saturated rings. The Hall–Kier alpha value is -1.84. The summed E-state index contributed by atoms with van der Waals surface area (Å²) in [6.07, 6.45) is 3.10. The van der Waals surface area contributed by atoms with E-state index < -0.39 is 11.6 Å². The van der Waals surface area contributed by atoms with Crippen LogP contribution in [0, 0.1) is 11.6 Å². The van der Waals surface area contributed by atoms with Gasteiger partial charge in [0.2, 0.25) is 0 Å². The van der Waals surface area contributed by atoms with Crippen LogP contribution in [-0.2, 0) is 6.54 Å². The molecule has 1 aromatic heterocycles. The molecule has 0 aliphatic carbocycles. The lowest BCUT2D eigenvalue weighted by Crippen LogP contribution is -2.00. The maximum absolute atomic E-state index is 13.2. The zero-order valence-corrected chi connectivity index (χ0v) is 7.84. The van der Waals surface area contributed by atoms with E-state index in [-0.39, 0.29) is 5.69 Å². The van der Waals surface area contributed by atoms with E-state index in [0.29, 0.717) is 6.54 Å². The van der Waals surface area contributed by atoms with E-state index >= 15 is 0 Å². The third kappa shape index (κ3) is 2.34. The Morgan fingerprint density at radius 2 is 2.07 bits per heavy atom. The van der Waals surface area contributed by atoms with Gasteiger partial charge in [0, 0.05) is 18.2 Å². The van der Waals surface area contributed by atoms with Gasteiger partial charge in [0.1, 0.15) is 11.6 Å². The minimum Gasteiger partial charge on any atom is -0.472 e. The van der Waals surface area contributed by atoms with Gasteiger partial charge in [-0.2, -0.15) is 0 Å². The SMILES string of the molecule is Fc1ccc(NCc2ccoc2)c(F)c1. The topological polar surface area (TPSA) is 25.2 Å². The molecule has 0 spiro atoms. The average molecular weight is 209 g/mol. The van der Waals surface area contributed by atoms with Crippen LogP contribution in [0.1, 0.15) is 5.56 Å². The van der Waals surface area contributed by atoms with Crippen molar-refractivity contribution in [3.05, 3.63) is 54.0 Å². The van der Waals surface area contributed by atoms with E-state index in [4.69, 9.17) is 4.42 Å². The molecule has 0 bridgehead atoms. The van der Waals surface area contributed by atoms with Crippen molar-refractivity contribution in [2.45, 2.75) is 6.54 Å². The minimum atomic E-state index is -0.599. The number of benzene rings is 1. The summed E-state index contributed by atoms with van der Waals surface area (Å²) in [5.41, 5.74) is 1.18. The summed E-state index contributed by atoms with van der Waals surface area (Å²) in [7, 11) is 0. The van der Waals surface area contributed by atoms with Gasteiger partial charge in [0.15, 0.2) is 0 Å². The van der Waals surface area contributed by atoms with Crippen molar-refractivity contribution < 1.29 is 13.2 Å². The first kappa shape index (κ1) is 9.71. The lowest BCUT2D eigenvalue weighted by molar-refractivity contribution is 0.564. The number of halogens is 2. The molecule has 0 aliphatic heterocycles. The highest BCUT2D eigenvalue weighted by molar-refractivity contribution is 5.45.